The zero-order chi connectivity index (χ0) is 25.6. The molecule has 0 radical (unpaired) electrons. The monoisotopic (exact) mass is 526 g/mol. The minimum absolute atomic E-state index is 0.0271. The van der Waals surface area contributed by atoms with Crippen molar-refractivity contribution in [2.75, 3.05) is 50.5 Å². The zero-order valence-electron chi connectivity index (χ0n) is 21.7. The summed E-state index contributed by atoms with van der Waals surface area (Å²) in [6.45, 7) is 4.77. The second-order valence-electron chi connectivity index (χ2n) is 11.3. The van der Waals surface area contributed by atoms with Crippen LogP contribution in [0.2, 0.25) is 0 Å². The number of fused-ring (bicyclic) bond motifs is 1. The van der Waals surface area contributed by atoms with Gasteiger partial charge in [0.25, 0.3) is 5.91 Å². The molecule has 2 amide bonds. The maximum absolute atomic E-state index is 14.1. The van der Waals surface area contributed by atoms with Crippen molar-refractivity contribution in [1.29, 1.82) is 0 Å². The summed E-state index contributed by atoms with van der Waals surface area (Å²) in [5.74, 6) is -0.358. The maximum Gasteiger partial charge on any atom is 0.252 e. The standard InChI is InChI=1S/C28H38N4O4S/c1-37-23-17-32(24-22(33)18-36-25(23)24)27(35)28(11-3-2-4-12-28)29-26(34)19-5-7-20(8-6-19)30-13-15-31(16-14-30)21-9-10-21/h5-8,21,23-25H,2-4,9-18H2,1H3,(H,29,34)/t23-,24+,25+/m0/s1. The lowest BCUT2D eigenvalue weighted by atomic mass is 9.80. The van der Waals surface area contributed by atoms with Crippen molar-refractivity contribution >= 4 is 35.0 Å². The van der Waals surface area contributed by atoms with E-state index in [1.165, 1.54) is 12.8 Å². The van der Waals surface area contributed by atoms with Crippen molar-refractivity contribution in [2.24, 2.45) is 0 Å². The summed E-state index contributed by atoms with van der Waals surface area (Å²) in [4.78, 5) is 46.9. The van der Waals surface area contributed by atoms with Gasteiger partial charge in [-0.05, 0) is 56.2 Å². The minimum Gasteiger partial charge on any atom is -0.369 e. The zero-order valence-corrected chi connectivity index (χ0v) is 22.5. The highest BCUT2D eigenvalue weighted by Crippen LogP contribution is 2.38. The Morgan fingerprint density at radius 2 is 1.73 bits per heavy atom. The van der Waals surface area contributed by atoms with Crippen LogP contribution < -0.4 is 10.2 Å². The number of ketones is 1. The van der Waals surface area contributed by atoms with Gasteiger partial charge in [-0.25, -0.2) is 0 Å². The van der Waals surface area contributed by atoms with Gasteiger partial charge >= 0.3 is 0 Å². The van der Waals surface area contributed by atoms with Crippen molar-refractivity contribution in [3.63, 3.8) is 0 Å². The summed E-state index contributed by atoms with van der Waals surface area (Å²) in [6.07, 6.45) is 8.46. The fourth-order valence-electron chi connectivity index (χ4n) is 6.75. The van der Waals surface area contributed by atoms with Gasteiger partial charge in [0.2, 0.25) is 5.91 Å². The molecule has 0 bridgehead atoms. The van der Waals surface area contributed by atoms with E-state index in [9.17, 15) is 14.4 Å². The quantitative estimate of drug-likeness (QED) is 0.609. The maximum atomic E-state index is 14.1. The summed E-state index contributed by atoms with van der Waals surface area (Å²) < 4.78 is 5.77. The van der Waals surface area contributed by atoms with Crippen LogP contribution in [0.15, 0.2) is 24.3 Å². The number of carbonyl (C=O) groups excluding carboxylic acids is 3. The Morgan fingerprint density at radius 1 is 1.03 bits per heavy atom. The molecular formula is C28H38N4O4S. The van der Waals surface area contributed by atoms with Gasteiger partial charge in [0, 0.05) is 50.0 Å². The Hall–Kier alpha value is -2.10. The molecule has 3 aliphatic heterocycles. The molecule has 2 aliphatic carbocycles. The lowest BCUT2D eigenvalue weighted by Gasteiger charge is -2.40. The van der Waals surface area contributed by atoms with Gasteiger partial charge < -0.3 is 19.9 Å². The number of carbonyl (C=O) groups is 3. The predicted octanol–water partition coefficient (Wildman–Crippen LogP) is 2.31. The van der Waals surface area contributed by atoms with Gasteiger partial charge in [0.15, 0.2) is 5.78 Å². The number of Topliss-reactive ketones (excluding diaryl/α,β-unsaturated/α-hetero) is 1. The first-order valence-corrected chi connectivity index (χ1v) is 15.2. The number of hydrogen-bond acceptors (Lipinski definition) is 7. The van der Waals surface area contributed by atoms with Crippen LogP contribution in [-0.2, 0) is 14.3 Å². The number of likely N-dealkylation sites (tertiary alicyclic amines) is 1. The summed E-state index contributed by atoms with van der Waals surface area (Å²) in [7, 11) is 0. The lowest BCUT2D eigenvalue weighted by molar-refractivity contribution is -0.143. The third-order valence-electron chi connectivity index (χ3n) is 9.04. The van der Waals surface area contributed by atoms with Gasteiger partial charge in [-0.2, -0.15) is 11.8 Å². The first-order valence-electron chi connectivity index (χ1n) is 13.9. The Balaban J connectivity index is 1.15. The molecule has 3 saturated heterocycles. The highest BCUT2D eigenvalue weighted by atomic mass is 32.2. The molecule has 200 valence electrons. The fourth-order valence-corrected chi connectivity index (χ4v) is 7.56. The topological polar surface area (TPSA) is 82.2 Å². The van der Waals surface area contributed by atoms with Gasteiger partial charge in [-0.15, -0.1) is 0 Å². The van der Waals surface area contributed by atoms with E-state index < -0.39 is 11.6 Å². The van der Waals surface area contributed by atoms with Crippen molar-refractivity contribution < 1.29 is 19.1 Å². The molecule has 1 N–H and O–H groups in total. The molecule has 2 saturated carbocycles. The van der Waals surface area contributed by atoms with E-state index in [2.05, 4.69) is 15.1 Å². The lowest BCUT2D eigenvalue weighted by Crippen LogP contribution is -2.62. The number of amides is 2. The predicted molar refractivity (Wildman–Crippen MR) is 144 cm³/mol. The van der Waals surface area contributed by atoms with Crippen molar-refractivity contribution in [3.05, 3.63) is 29.8 Å². The van der Waals surface area contributed by atoms with Gasteiger partial charge in [-0.3, -0.25) is 19.3 Å². The molecule has 5 aliphatic rings. The largest absolute Gasteiger partial charge is 0.369 e. The molecular weight excluding hydrogens is 488 g/mol. The Morgan fingerprint density at radius 3 is 2.38 bits per heavy atom. The first-order chi connectivity index (χ1) is 18.0. The molecule has 8 nitrogen and oxygen atoms in total. The van der Waals surface area contributed by atoms with E-state index >= 15 is 0 Å². The summed E-state index contributed by atoms with van der Waals surface area (Å²) in [5.41, 5.74) is 0.745. The molecule has 37 heavy (non-hydrogen) atoms. The Labute approximate surface area is 223 Å². The number of nitrogens with zero attached hydrogens (tertiary/aromatic N) is 3. The van der Waals surface area contributed by atoms with Crippen LogP contribution in [0.25, 0.3) is 0 Å². The van der Waals surface area contributed by atoms with E-state index in [1.807, 2.05) is 30.5 Å². The molecule has 0 aromatic heterocycles. The number of nitrogens with one attached hydrogen (secondary N) is 1. The van der Waals surface area contributed by atoms with Crippen molar-refractivity contribution in [3.8, 4) is 0 Å². The van der Waals surface area contributed by atoms with Gasteiger partial charge in [0.1, 0.15) is 18.2 Å². The van der Waals surface area contributed by atoms with Crippen molar-refractivity contribution in [1.82, 2.24) is 15.1 Å². The number of piperazine rings is 1. The van der Waals surface area contributed by atoms with E-state index in [1.54, 1.807) is 16.7 Å². The second-order valence-corrected chi connectivity index (χ2v) is 12.4. The molecule has 9 heteroatoms. The Kier molecular flexibility index (Phi) is 6.96. The van der Waals surface area contributed by atoms with E-state index in [0.717, 1.165) is 57.2 Å². The van der Waals surface area contributed by atoms with Crippen LogP contribution >= 0.6 is 11.8 Å². The van der Waals surface area contributed by atoms with Crippen LogP contribution in [0.5, 0.6) is 0 Å². The van der Waals surface area contributed by atoms with Crippen LogP contribution in [0.4, 0.5) is 5.69 Å². The number of ether oxygens (including phenoxy) is 1. The molecule has 5 fully saturated rings. The highest BCUT2D eigenvalue weighted by Gasteiger charge is 2.56. The van der Waals surface area contributed by atoms with Crippen LogP contribution in [0.3, 0.4) is 0 Å². The van der Waals surface area contributed by atoms with Gasteiger partial charge in [-0.1, -0.05) is 19.3 Å². The number of benzene rings is 1. The molecule has 3 heterocycles. The number of rotatable bonds is 6. The van der Waals surface area contributed by atoms with Gasteiger partial charge in [0.05, 0.1) is 11.4 Å². The SMILES string of the molecule is CS[C@H]1CN(C(=O)C2(NC(=O)c3ccc(N4CCN(C5CC5)CC4)cc3)CCCCC2)[C@@H]2C(=O)CO[C@H]12. The highest BCUT2D eigenvalue weighted by molar-refractivity contribution is 7.99. The normalized spacial score (nSPS) is 29.9. The second kappa shape index (κ2) is 10.2. The van der Waals surface area contributed by atoms with Crippen LogP contribution in [0, 0.1) is 0 Å². The summed E-state index contributed by atoms with van der Waals surface area (Å²) in [6, 6.07) is 8.09. The number of anilines is 1. The van der Waals surface area contributed by atoms with Crippen LogP contribution in [-0.4, -0.2) is 102 Å². The average molecular weight is 527 g/mol. The van der Waals surface area contributed by atoms with Crippen molar-refractivity contribution in [2.45, 2.75) is 73.9 Å². The summed E-state index contributed by atoms with van der Waals surface area (Å²) in [5, 5.41) is 3.25. The average Bonchev–Trinajstić information content (AvgIpc) is 3.62. The minimum atomic E-state index is -0.964. The summed E-state index contributed by atoms with van der Waals surface area (Å²) >= 11 is 1.64. The van der Waals surface area contributed by atoms with E-state index in [4.69, 9.17) is 4.74 Å². The molecule has 6 rings (SSSR count). The third-order valence-corrected chi connectivity index (χ3v) is 10.1. The Bertz CT molecular complexity index is 1030. The number of hydrogen-bond donors (Lipinski definition) is 1. The molecule has 1 aromatic rings. The molecule has 1 aromatic carbocycles. The first kappa shape index (κ1) is 25.2. The number of thioether (sulfide) groups is 1. The van der Waals surface area contributed by atoms with E-state index in [-0.39, 0.29) is 35.6 Å². The molecule has 0 unspecified atom stereocenters. The molecule has 3 atom stereocenters. The smallest absolute Gasteiger partial charge is 0.252 e. The molecule has 0 spiro atoms. The van der Waals surface area contributed by atoms with E-state index in [0.29, 0.717) is 24.9 Å². The fraction of sp³-hybridized carbons (Fsp3) is 0.679. The van der Waals surface area contributed by atoms with Crippen LogP contribution in [0.1, 0.15) is 55.3 Å². The third kappa shape index (κ3) is 4.79.